The zero-order valence-corrected chi connectivity index (χ0v) is 19.6. The molecule has 9 nitrogen and oxygen atoms in total. The molecule has 0 aliphatic carbocycles. The van der Waals surface area contributed by atoms with E-state index >= 15 is 0 Å². The van der Waals surface area contributed by atoms with E-state index in [2.05, 4.69) is 5.32 Å². The van der Waals surface area contributed by atoms with Crippen molar-refractivity contribution in [3.05, 3.63) is 42.0 Å². The summed E-state index contributed by atoms with van der Waals surface area (Å²) in [6.07, 6.45) is 1.91. The smallest absolute Gasteiger partial charge is 0.247 e. The highest BCUT2D eigenvalue weighted by molar-refractivity contribution is 7.89. The van der Waals surface area contributed by atoms with Gasteiger partial charge >= 0.3 is 0 Å². The van der Waals surface area contributed by atoms with Gasteiger partial charge in [0, 0.05) is 56.0 Å². The van der Waals surface area contributed by atoms with Crippen LogP contribution in [0.2, 0.25) is 0 Å². The van der Waals surface area contributed by atoms with Gasteiger partial charge in [0.2, 0.25) is 21.8 Å². The van der Waals surface area contributed by atoms with Gasteiger partial charge in [-0.3, -0.25) is 14.5 Å². The topological polar surface area (TPSA) is 105 Å². The number of carbonyl (C=O) groups excluding carboxylic acids is 2. The summed E-state index contributed by atoms with van der Waals surface area (Å²) in [7, 11) is -0.572. The third kappa shape index (κ3) is 4.40. The maximum Gasteiger partial charge on any atom is 0.247 e. The standard InChI is InChI=1S/C23H27N3O6S/c1-15(27)26-21-7-6-20(33(29,30)25-8-4-5-9-25)10-16(21)11-22(26)23(28)24-17-12-18(31-2)14-19(13-17)32-3/h6-7,10,12-14,22H,4-5,8-9,11H2,1-3H3,(H,24,28)/t22-/m1/s1. The number of hydrogen-bond donors (Lipinski definition) is 1. The van der Waals surface area contributed by atoms with E-state index < -0.39 is 16.1 Å². The summed E-state index contributed by atoms with van der Waals surface area (Å²) in [5, 5.41) is 2.82. The normalized spacial score (nSPS) is 18.2. The second-order valence-corrected chi connectivity index (χ2v) is 10.0. The van der Waals surface area contributed by atoms with Gasteiger partial charge in [-0.25, -0.2) is 8.42 Å². The molecule has 0 saturated carbocycles. The van der Waals surface area contributed by atoms with E-state index in [4.69, 9.17) is 9.47 Å². The number of anilines is 2. The Hall–Kier alpha value is -3.11. The molecule has 1 fully saturated rings. The molecule has 4 rings (SSSR count). The SMILES string of the molecule is COc1cc(NC(=O)[C@H]2Cc3cc(S(=O)(=O)N4CCCC4)ccc3N2C(C)=O)cc(OC)c1. The van der Waals surface area contributed by atoms with Crippen molar-refractivity contribution in [2.45, 2.75) is 37.1 Å². The lowest BCUT2D eigenvalue weighted by Gasteiger charge is -2.23. The van der Waals surface area contributed by atoms with Crippen LogP contribution in [0.4, 0.5) is 11.4 Å². The van der Waals surface area contributed by atoms with Crippen molar-refractivity contribution in [2.75, 3.05) is 37.5 Å². The zero-order chi connectivity index (χ0) is 23.8. The minimum Gasteiger partial charge on any atom is -0.497 e. The molecule has 176 valence electrons. The first kappa shape index (κ1) is 23.1. The molecule has 0 bridgehead atoms. The Kier molecular flexibility index (Phi) is 6.31. The third-order valence-electron chi connectivity index (χ3n) is 6.00. The Morgan fingerprint density at radius 2 is 1.64 bits per heavy atom. The van der Waals surface area contributed by atoms with E-state index in [1.54, 1.807) is 30.3 Å². The number of sulfonamides is 1. The van der Waals surface area contributed by atoms with Gasteiger partial charge in [-0.1, -0.05) is 0 Å². The minimum atomic E-state index is -3.60. The van der Waals surface area contributed by atoms with Crippen molar-refractivity contribution in [3.63, 3.8) is 0 Å². The van der Waals surface area contributed by atoms with E-state index in [9.17, 15) is 18.0 Å². The van der Waals surface area contributed by atoms with Gasteiger partial charge in [0.15, 0.2) is 0 Å². The molecule has 0 aromatic heterocycles. The molecule has 1 atom stereocenters. The predicted molar refractivity (Wildman–Crippen MR) is 123 cm³/mol. The molecule has 10 heteroatoms. The Labute approximate surface area is 193 Å². The average Bonchev–Trinajstić information content (AvgIpc) is 3.46. The van der Waals surface area contributed by atoms with Crippen LogP contribution in [0.3, 0.4) is 0 Å². The summed E-state index contributed by atoms with van der Waals surface area (Å²) in [4.78, 5) is 27.2. The number of nitrogens with one attached hydrogen (secondary N) is 1. The number of rotatable bonds is 6. The van der Waals surface area contributed by atoms with Crippen LogP contribution in [0, 0.1) is 0 Å². The highest BCUT2D eigenvalue weighted by Crippen LogP contribution is 2.36. The number of methoxy groups -OCH3 is 2. The van der Waals surface area contributed by atoms with Crippen molar-refractivity contribution in [3.8, 4) is 11.5 Å². The monoisotopic (exact) mass is 473 g/mol. The van der Waals surface area contributed by atoms with E-state index in [1.165, 1.54) is 36.4 Å². The maximum atomic E-state index is 13.2. The molecule has 0 unspecified atom stereocenters. The van der Waals surface area contributed by atoms with Gasteiger partial charge in [0.1, 0.15) is 17.5 Å². The molecule has 0 radical (unpaired) electrons. The predicted octanol–water partition coefficient (Wildman–Crippen LogP) is 2.40. The molecule has 2 aromatic rings. The highest BCUT2D eigenvalue weighted by atomic mass is 32.2. The van der Waals surface area contributed by atoms with Crippen LogP contribution in [0.5, 0.6) is 11.5 Å². The fraction of sp³-hybridized carbons (Fsp3) is 0.391. The van der Waals surface area contributed by atoms with E-state index in [-0.39, 0.29) is 23.1 Å². The van der Waals surface area contributed by atoms with Crippen molar-refractivity contribution >= 4 is 33.2 Å². The molecule has 2 aromatic carbocycles. The first-order chi connectivity index (χ1) is 15.7. The summed E-state index contributed by atoms with van der Waals surface area (Å²) >= 11 is 0. The van der Waals surface area contributed by atoms with Gasteiger partial charge in [0.25, 0.3) is 0 Å². The lowest BCUT2D eigenvalue weighted by Crippen LogP contribution is -2.44. The summed E-state index contributed by atoms with van der Waals surface area (Å²) in [5.41, 5.74) is 1.66. The van der Waals surface area contributed by atoms with E-state index in [0.717, 1.165) is 12.8 Å². The first-order valence-electron chi connectivity index (χ1n) is 10.7. The lowest BCUT2D eigenvalue weighted by atomic mass is 10.1. The number of carbonyl (C=O) groups is 2. The molecule has 2 amide bonds. The molecule has 1 saturated heterocycles. The van der Waals surface area contributed by atoms with Crippen molar-refractivity contribution in [2.24, 2.45) is 0 Å². The van der Waals surface area contributed by atoms with Crippen molar-refractivity contribution in [1.82, 2.24) is 4.31 Å². The third-order valence-corrected chi connectivity index (χ3v) is 7.89. The number of amides is 2. The Balaban J connectivity index is 1.61. The van der Waals surface area contributed by atoms with Crippen LogP contribution in [-0.4, -0.2) is 57.9 Å². The number of hydrogen-bond acceptors (Lipinski definition) is 6. The van der Waals surface area contributed by atoms with Crippen LogP contribution < -0.4 is 19.7 Å². The maximum absolute atomic E-state index is 13.2. The molecule has 2 aliphatic heterocycles. The molecule has 1 N–H and O–H groups in total. The first-order valence-corrected chi connectivity index (χ1v) is 12.2. The number of nitrogens with zero attached hydrogens (tertiary/aromatic N) is 2. The Bertz CT molecular complexity index is 1170. The lowest BCUT2D eigenvalue weighted by molar-refractivity contribution is -0.122. The van der Waals surface area contributed by atoms with Crippen LogP contribution in [0.25, 0.3) is 0 Å². The van der Waals surface area contributed by atoms with Crippen LogP contribution in [-0.2, 0) is 26.0 Å². The Morgan fingerprint density at radius 1 is 1.00 bits per heavy atom. The van der Waals surface area contributed by atoms with Crippen molar-refractivity contribution in [1.29, 1.82) is 0 Å². The molecular formula is C23H27N3O6S. The number of benzene rings is 2. The summed E-state index contributed by atoms with van der Waals surface area (Å²) in [6.45, 7) is 2.40. The summed E-state index contributed by atoms with van der Waals surface area (Å²) < 4.78 is 37.9. The average molecular weight is 474 g/mol. The van der Waals surface area contributed by atoms with E-state index in [0.29, 0.717) is 41.5 Å². The zero-order valence-electron chi connectivity index (χ0n) is 18.8. The molecular weight excluding hydrogens is 446 g/mol. The Morgan fingerprint density at radius 3 is 2.21 bits per heavy atom. The quantitative estimate of drug-likeness (QED) is 0.691. The number of ether oxygens (including phenoxy) is 2. The highest BCUT2D eigenvalue weighted by Gasteiger charge is 2.38. The fourth-order valence-electron chi connectivity index (χ4n) is 4.37. The molecule has 2 heterocycles. The minimum absolute atomic E-state index is 0.185. The van der Waals surface area contributed by atoms with Crippen LogP contribution in [0.15, 0.2) is 41.3 Å². The largest absolute Gasteiger partial charge is 0.497 e. The van der Waals surface area contributed by atoms with Crippen LogP contribution in [0.1, 0.15) is 25.3 Å². The van der Waals surface area contributed by atoms with E-state index in [1.807, 2.05) is 0 Å². The van der Waals surface area contributed by atoms with Crippen LogP contribution >= 0.6 is 0 Å². The second-order valence-electron chi connectivity index (χ2n) is 8.10. The molecule has 2 aliphatic rings. The van der Waals surface area contributed by atoms with Gasteiger partial charge < -0.3 is 14.8 Å². The van der Waals surface area contributed by atoms with Gasteiger partial charge in [-0.2, -0.15) is 4.31 Å². The van der Waals surface area contributed by atoms with Gasteiger partial charge in [-0.05, 0) is 36.6 Å². The van der Waals surface area contributed by atoms with Gasteiger partial charge in [0.05, 0.1) is 19.1 Å². The summed E-state index contributed by atoms with van der Waals surface area (Å²) in [6, 6.07) is 8.89. The molecule has 0 spiro atoms. The number of fused-ring (bicyclic) bond motifs is 1. The second kappa shape index (κ2) is 9.03. The van der Waals surface area contributed by atoms with Crippen molar-refractivity contribution < 1.29 is 27.5 Å². The fourth-order valence-corrected chi connectivity index (χ4v) is 5.94. The van der Waals surface area contributed by atoms with Gasteiger partial charge in [-0.15, -0.1) is 0 Å². The summed E-state index contributed by atoms with van der Waals surface area (Å²) in [5.74, 6) is 0.340. The molecule has 33 heavy (non-hydrogen) atoms.